The fourth-order valence-electron chi connectivity index (χ4n) is 3.49. The molecule has 8 heteroatoms. The van der Waals surface area contributed by atoms with E-state index in [4.69, 9.17) is 32.9 Å². The van der Waals surface area contributed by atoms with Crippen LogP contribution in [0.25, 0.3) is 0 Å². The van der Waals surface area contributed by atoms with E-state index in [-0.39, 0.29) is 9.79 Å². The molecule has 3 aromatic rings. The summed E-state index contributed by atoms with van der Waals surface area (Å²) in [7, 11) is -2.28. The largest absolute Gasteiger partial charge is 0.495 e. The van der Waals surface area contributed by atoms with E-state index in [1.54, 1.807) is 65.1 Å². The fourth-order valence-corrected chi connectivity index (χ4v) is 5.28. The van der Waals surface area contributed by atoms with Gasteiger partial charge in [0.25, 0.3) is 0 Å². The van der Waals surface area contributed by atoms with Crippen LogP contribution in [0.4, 0.5) is 0 Å². The van der Waals surface area contributed by atoms with Gasteiger partial charge in [-0.05, 0) is 83.4 Å². The number of hydrogen-bond donors (Lipinski definition) is 0. The van der Waals surface area contributed by atoms with Crippen LogP contribution in [0, 0.1) is 0 Å². The van der Waals surface area contributed by atoms with Crippen LogP contribution in [0.3, 0.4) is 0 Å². The third-order valence-corrected chi connectivity index (χ3v) is 7.53. The van der Waals surface area contributed by atoms with Crippen LogP contribution in [0.2, 0.25) is 5.02 Å². The molecule has 0 saturated carbocycles. The molecule has 0 unspecified atom stereocenters. The van der Waals surface area contributed by atoms with Gasteiger partial charge in [0.05, 0.1) is 12.0 Å². The molecule has 0 bridgehead atoms. The molecular formula is C23H21Cl2NO4S. The number of hydrogen-bond acceptors (Lipinski definition) is 5. The Morgan fingerprint density at radius 1 is 1.00 bits per heavy atom. The zero-order chi connectivity index (χ0) is 22.0. The SMILES string of the molecule is COc1cc2c(cc1S(=O)(=O)c1ccc(COc3ccc(Cl)cc3)cc1)CN(Cl)CC2. The van der Waals surface area contributed by atoms with Crippen LogP contribution < -0.4 is 9.47 Å². The van der Waals surface area contributed by atoms with Gasteiger partial charge in [-0.3, -0.25) is 0 Å². The molecule has 31 heavy (non-hydrogen) atoms. The highest BCUT2D eigenvalue weighted by Gasteiger charge is 2.26. The van der Waals surface area contributed by atoms with E-state index in [0.29, 0.717) is 36.2 Å². The summed E-state index contributed by atoms with van der Waals surface area (Å²) in [6.07, 6.45) is 0.748. The molecule has 0 radical (unpaired) electrons. The number of halogens is 2. The first-order chi connectivity index (χ1) is 14.9. The van der Waals surface area contributed by atoms with Crippen LogP contribution in [0.1, 0.15) is 16.7 Å². The van der Waals surface area contributed by atoms with Gasteiger partial charge in [0.1, 0.15) is 23.0 Å². The molecule has 0 N–H and O–H groups in total. The quantitative estimate of drug-likeness (QED) is 0.452. The van der Waals surface area contributed by atoms with Gasteiger partial charge in [-0.1, -0.05) is 23.7 Å². The van der Waals surface area contributed by atoms with Crippen molar-refractivity contribution in [2.75, 3.05) is 13.7 Å². The minimum Gasteiger partial charge on any atom is -0.495 e. The van der Waals surface area contributed by atoms with Gasteiger partial charge in [-0.2, -0.15) is 0 Å². The zero-order valence-electron chi connectivity index (χ0n) is 16.8. The third kappa shape index (κ3) is 4.83. The van der Waals surface area contributed by atoms with Crippen molar-refractivity contribution in [2.45, 2.75) is 29.4 Å². The molecule has 0 saturated heterocycles. The lowest BCUT2D eigenvalue weighted by atomic mass is 10.0. The molecule has 0 amide bonds. The average Bonchev–Trinajstić information content (AvgIpc) is 2.78. The molecule has 0 fully saturated rings. The standard InChI is InChI=1S/C23H21Cl2NO4S/c1-29-22-12-17-10-11-26(25)14-18(17)13-23(22)31(27,28)21-8-2-16(3-9-21)15-30-20-6-4-19(24)5-7-20/h2-9,12-13H,10-11,14-15H2,1H3. The van der Waals surface area contributed by atoms with Gasteiger partial charge in [-0.15, -0.1) is 0 Å². The maximum Gasteiger partial charge on any atom is 0.210 e. The Balaban J connectivity index is 1.57. The number of benzene rings is 3. The Labute approximate surface area is 192 Å². The van der Waals surface area contributed by atoms with Crippen LogP contribution in [-0.4, -0.2) is 26.5 Å². The van der Waals surface area contributed by atoms with Crippen LogP contribution in [-0.2, 0) is 29.4 Å². The Morgan fingerprint density at radius 3 is 2.39 bits per heavy atom. The first-order valence-corrected chi connectivity index (χ1v) is 11.9. The van der Waals surface area contributed by atoms with Crippen molar-refractivity contribution in [1.82, 2.24) is 4.42 Å². The van der Waals surface area contributed by atoms with E-state index >= 15 is 0 Å². The number of ether oxygens (including phenoxy) is 2. The Morgan fingerprint density at radius 2 is 1.71 bits per heavy atom. The van der Waals surface area contributed by atoms with Crippen molar-refractivity contribution in [3.05, 3.63) is 82.4 Å². The number of sulfone groups is 1. The topological polar surface area (TPSA) is 55.8 Å². The minimum absolute atomic E-state index is 0.144. The Kier molecular flexibility index (Phi) is 6.44. The first kappa shape index (κ1) is 22.0. The summed E-state index contributed by atoms with van der Waals surface area (Å²) < 4.78 is 39.5. The summed E-state index contributed by atoms with van der Waals surface area (Å²) in [6.45, 7) is 1.52. The summed E-state index contributed by atoms with van der Waals surface area (Å²) in [5.74, 6) is 1.03. The lowest BCUT2D eigenvalue weighted by Gasteiger charge is -2.24. The summed E-state index contributed by atoms with van der Waals surface area (Å²) >= 11 is 12.0. The summed E-state index contributed by atoms with van der Waals surface area (Å²) in [4.78, 5) is 0.338. The maximum absolute atomic E-state index is 13.3. The summed E-state index contributed by atoms with van der Waals surface area (Å²) in [6, 6.07) is 17.2. The van der Waals surface area contributed by atoms with E-state index < -0.39 is 9.84 Å². The van der Waals surface area contributed by atoms with E-state index in [0.717, 1.165) is 23.1 Å². The monoisotopic (exact) mass is 477 g/mol. The van der Waals surface area contributed by atoms with Gasteiger partial charge in [0, 0.05) is 18.1 Å². The molecule has 4 rings (SSSR count). The second kappa shape index (κ2) is 9.09. The molecule has 0 aromatic heterocycles. The highest BCUT2D eigenvalue weighted by Crippen LogP contribution is 2.34. The zero-order valence-corrected chi connectivity index (χ0v) is 19.2. The second-order valence-corrected chi connectivity index (χ2v) is 10.1. The van der Waals surface area contributed by atoms with Gasteiger partial charge < -0.3 is 9.47 Å². The van der Waals surface area contributed by atoms with E-state index in [1.807, 2.05) is 0 Å². The first-order valence-electron chi connectivity index (χ1n) is 9.70. The number of rotatable bonds is 6. The van der Waals surface area contributed by atoms with Crippen molar-refractivity contribution in [3.63, 3.8) is 0 Å². The number of fused-ring (bicyclic) bond motifs is 1. The third-order valence-electron chi connectivity index (χ3n) is 5.19. The molecule has 1 aliphatic rings. The second-order valence-electron chi connectivity index (χ2n) is 7.26. The Hall–Kier alpha value is -2.25. The molecular weight excluding hydrogens is 457 g/mol. The van der Waals surface area contributed by atoms with E-state index in [9.17, 15) is 8.42 Å². The molecule has 5 nitrogen and oxygen atoms in total. The van der Waals surface area contributed by atoms with Crippen molar-refractivity contribution in [3.8, 4) is 11.5 Å². The molecule has 0 spiro atoms. The summed E-state index contributed by atoms with van der Waals surface area (Å²) in [5, 5.41) is 0.637. The van der Waals surface area contributed by atoms with E-state index in [2.05, 4.69) is 0 Å². The highest BCUT2D eigenvalue weighted by molar-refractivity contribution is 7.91. The van der Waals surface area contributed by atoms with Crippen molar-refractivity contribution in [1.29, 1.82) is 0 Å². The van der Waals surface area contributed by atoms with Gasteiger partial charge in [0.15, 0.2) is 0 Å². The normalized spacial score (nSPS) is 14.2. The lowest BCUT2D eigenvalue weighted by Crippen LogP contribution is -2.22. The molecule has 0 atom stereocenters. The molecule has 162 valence electrons. The number of nitrogens with zero attached hydrogens (tertiary/aromatic N) is 1. The summed E-state index contributed by atoms with van der Waals surface area (Å²) in [5.41, 5.74) is 2.81. The molecule has 1 heterocycles. The van der Waals surface area contributed by atoms with Gasteiger partial charge >= 0.3 is 0 Å². The van der Waals surface area contributed by atoms with Gasteiger partial charge in [-0.25, -0.2) is 12.8 Å². The number of methoxy groups -OCH3 is 1. The molecule has 3 aromatic carbocycles. The Bertz CT molecular complexity index is 1180. The predicted octanol–water partition coefficient (Wildman–Crippen LogP) is 5.27. The average molecular weight is 478 g/mol. The fraction of sp³-hybridized carbons (Fsp3) is 0.217. The van der Waals surface area contributed by atoms with Crippen molar-refractivity contribution in [2.24, 2.45) is 0 Å². The predicted molar refractivity (Wildman–Crippen MR) is 121 cm³/mol. The van der Waals surface area contributed by atoms with Crippen LogP contribution in [0.15, 0.2) is 70.5 Å². The minimum atomic E-state index is -3.76. The maximum atomic E-state index is 13.3. The van der Waals surface area contributed by atoms with Crippen LogP contribution in [0.5, 0.6) is 11.5 Å². The van der Waals surface area contributed by atoms with Crippen LogP contribution >= 0.6 is 23.4 Å². The lowest BCUT2D eigenvalue weighted by molar-refractivity contribution is 0.306. The molecule has 0 aliphatic carbocycles. The van der Waals surface area contributed by atoms with Crippen molar-refractivity contribution < 1.29 is 17.9 Å². The highest BCUT2D eigenvalue weighted by atomic mass is 35.5. The van der Waals surface area contributed by atoms with Gasteiger partial charge in [0.2, 0.25) is 9.84 Å². The van der Waals surface area contributed by atoms with E-state index in [1.165, 1.54) is 7.11 Å². The smallest absolute Gasteiger partial charge is 0.210 e. The van der Waals surface area contributed by atoms with Crippen molar-refractivity contribution >= 4 is 33.2 Å². The molecule has 1 aliphatic heterocycles.